The van der Waals surface area contributed by atoms with Gasteiger partial charge in [0.2, 0.25) is 0 Å². The molecule has 0 aliphatic rings. The molecule has 0 bridgehead atoms. The van der Waals surface area contributed by atoms with E-state index in [1.54, 1.807) is 12.3 Å². The van der Waals surface area contributed by atoms with Crippen molar-refractivity contribution in [1.82, 2.24) is 9.97 Å². The molecule has 0 radical (unpaired) electrons. The van der Waals surface area contributed by atoms with Gasteiger partial charge in [0, 0.05) is 11.8 Å². The van der Waals surface area contributed by atoms with Gasteiger partial charge >= 0.3 is 0 Å². The van der Waals surface area contributed by atoms with E-state index < -0.39 is 10.6 Å². The largest absolute Gasteiger partial charge is 0.292 e. The molecule has 20 heavy (non-hydrogen) atoms. The minimum Gasteiger partial charge on any atom is -0.292 e. The lowest BCUT2D eigenvalue weighted by atomic mass is 10.1. The predicted octanol–water partition coefficient (Wildman–Crippen LogP) is 4.42. The Morgan fingerprint density at radius 1 is 1.40 bits per heavy atom. The number of aromatic nitrogens is 2. The van der Waals surface area contributed by atoms with Crippen LogP contribution in [0, 0.1) is 5.82 Å². The molecule has 0 saturated heterocycles. The molecule has 2 aromatic rings. The predicted molar refractivity (Wildman–Crippen MR) is 83.9 cm³/mol. The molecule has 0 aliphatic carbocycles. The van der Waals surface area contributed by atoms with E-state index in [-0.39, 0.29) is 10.3 Å². The van der Waals surface area contributed by atoms with Crippen LogP contribution in [-0.2, 0) is 0 Å². The SMILES string of the molecule is CSc1nccc(C(Br)C(=O)c2ccc(F)c(Br)c2)n1. The number of nitrogens with zero attached hydrogens (tertiary/aromatic N) is 2. The van der Waals surface area contributed by atoms with Crippen molar-refractivity contribution in [1.29, 1.82) is 0 Å². The van der Waals surface area contributed by atoms with E-state index in [0.717, 1.165) is 0 Å². The summed E-state index contributed by atoms with van der Waals surface area (Å²) < 4.78 is 13.5. The van der Waals surface area contributed by atoms with Crippen LogP contribution >= 0.6 is 43.6 Å². The Morgan fingerprint density at radius 2 is 2.15 bits per heavy atom. The number of hydrogen-bond donors (Lipinski definition) is 0. The van der Waals surface area contributed by atoms with Gasteiger partial charge in [-0.25, -0.2) is 14.4 Å². The quantitative estimate of drug-likeness (QED) is 0.318. The number of thioether (sulfide) groups is 1. The van der Waals surface area contributed by atoms with Crippen LogP contribution in [0.3, 0.4) is 0 Å². The smallest absolute Gasteiger partial charge is 0.187 e. The summed E-state index contributed by atoms with van der Waals surface area (Å²) in [4.78, 5) is 20.1. The molecule has 1 atom stereocenters. The van der Waals surface area contributed by atoms with Crippen molar-refractivity contribution in [3.05, 3.63) is 52.0 Å². The molecule has 0 amide bonds. The van der Waals surface area contributed by atoms with E-state index in [1.807, 2.05) is 6.26 Å². The van der Waals surface area contributed by atoms with Gasteiger partial charge in [-0.1, -0.05) is 27.7 Å². The minimum atomic E-state index is -0.589. The highest BCUT2D eigenvalue weighted by molar-refractivity contribution is 9.10. The van der Waals surface area contributed by atoms with Gasteiger partial charge in [-0.3, -0.25) is 4.79 Å². The number of benzene rings is 1. The van der Waals surface area contributed by atoms with Crippen LogP contribution in [0.15, 0.2) is 40.1 Å². The molecular weight excluding hydrogens is 411 g/mol. The van der Waals surface area contributed by atoms with Crippen LogP contribution in [0.1, 0.15) is 20.9 Å². The Kier molecular flexibility index (Phi) is 5.29. The normalized spacial score (nSPS) is 12.2. The summed E-state index contributed by atoms with van der Waals surface area (Å²) in [5.41, 5.74) is 0.985. The summed E-state index contributed by atoms with van der Waals surface area (Å²) in [5, 5.41) is 0.597. The highest BCUT2D eigenvalue weighted by atomic mass is 79.9. The Balaban J connectivity index is 2.29. The fourth-order valence-electron chi connectivity index (χ4n) is 1.52. The number of Topliss-reactive ketones (excluding diaryl/α,β-unsaturated/α-hetero) is 1. The second kappa shape index (κ2) is 6.78. The zero-order valence-corrected chi connectivity index (χ0v) is 14.3. The molecule has 3 nitrogen and oxygen atoms in total. The lowest BCUT2D eigenvalue weighted by molar-refractivity contribution is 0.0990. The average molecular weight is 420 g/mol. The fourth-order valence-corrected chi connectivity index (χ4v) is 2.78. The molecule has 0 spiro atoms. The molecule has 1 aromatic heterocycles. The van der Waals surface area contributed by atoms with Crippen LogP contribution in [0.25, 0.3) is 0 Å². The van der Waals surface area contributed by atoms with Crippen molar-refractivity contribution in [2.45, 2.75) is 9.98 Å². The topological polar surface area (TPSA) is 42.9 Å². The molecule has 7 heteroatoms. The molecule has 0 aliphatic heterocycles. The van der Waals surface area contributed by atoms with Gasteiger partial charge in [0.25, 0.3) is 0 Å². The highest BCUT2D eigenvalue weighted by Gasteiger charge is 2.21. The standard InChI is InChI=1S/C13H9Br2FN2OS/c1-20-13-17-5-4-10(18-13)11(15)12(19)7-2-3-9(16)8(14)6-7/h2-6,11H,1H3. The number of carbonyl (C=O) groups excluding carboxylic acids is 1. The van der Waals surface area contributed by atoms with Crippen LogP contribution in [-0.4, -0.2) is 22.0 Å². The average Bonchev–Trinajstić information content (AvgIpc) is 2.48. The lowest BCUT2D eigenvalue weighted by Crippen LogP contribution is -2.09. The third-order valence-electron chi connectivity index (χ3n) is 2.53. The van der Waals surface area contributed by atoms with Crippen LogP contribution in [0.5, 0.6) is 0 Å². The zero-order valence-electron chi connectivity index (χ0n) is 10.3. The second-order valence-corrected chi connectivity index (χ2v) is 6.37. The third-order valence-corrected chi connectivity index (χ3v) is 4.59. The van der Waals surface area contributed by atoms with Crippen LogP contribution < -0.4 is 0 Å². The minimum absolute atomic E-state index is 0.184. The molecule has 1 unspecified atom stereocenters. The first-order valence-electron chi connectivity index (χ1n) is 5.53. The van der Waals surface area contributed by atoms with Crippen molar-refractivity contribution in [3.8, 4) is 0 Å². The molecule has 2 rings (SSSR count). The first-order chi connectivity index (χ1) is 9.52. The molecule has 1 heterocycles. The first kappa shape index (κ1) is 15.6. The molecule has 0 saturated carbocycles. The number of rotatable bonds is 4. The van der Waals surface area contributed by atoms with Crippen molar-refractivity contribution < 1.29 is 9.18 Å². The zero-order chi connectivity index (χ0) is 14.7. The van der Waals surface area contributed by atoms with E-state index in [9.17, 15) is 9.18 Å². The van der Waals surface area contributed by atoms with E-state index >= 15 is 0 Å². The Hall–Kier alpha value is -0.790. The van der Waals surface area contributed by atoms with E-state index in [2.05, 4.69) is 41.8 Å². The van der Waals surface area contributed by atoms with Crippen LogP contribution in [0.2, 0.25) is 0 Å². The summed E-state index contributed by atoms with van der Waals surface area (Å²) in [6.45, 7) is 0. The Labute approximate surface area is 136 Å². The summed E-state index contributed by atoms with van der Waals surface area (Å²) in [7, 11) is 0. The fraction of sp³-hybridized carbons (Fsp3) is 0.154. The lowest BCUT2D eigenvalue weighted by Gasteiger charge is -2.09. The van der Waals surface area contributed by atoms with Crippen molar-refractivity contribution in [3.63, 3.8) is 0 Å². The van der Waals surface area contributed by atoms with E-state index in [4.69, 9.17) is 0 Å². The van der Waals surface area contributed by atoms with Crippen molar-refractivity contribution >= 4 is 49.4 Å². The first-order valence-corrected chi connectivity index (χ1v) is 8.46. The Morgan fingerprint density at radius 3 is 2.80 bits per heavy atom. The van der Waals surface area contributed by atoms with Crippen LogP contribution in [0.4, 0.5) is 4.39 Å². The maximum Gasteiger partial charge on any atom is 0.187 e. The summed E-state index contributed by atoms with van der Waals surface area (Å²) in [6.07, 6.45) is 3.47. The second-order valence-electron chi connectivity index (χ2n) is 3.82. The highest BCUT2D eigenvalue weighted by Crippen LogP contribution is 2.28. The molecular formula is C13H9Br2FN2OS. The van der Waals surface area contributed by atoms with Gasteiger partial charge in [-0.05, 0) is 46.5 Å². The number of ketones is 1. The number of carbonyl (C=O) groups is 1. The monoisotopic (exact) mass is 418 g/mol. The summed E-state index contributed by atoms with van der Waals surface area (Å²) >= 11 is 7.81. The third kappa shape index (κ3) is 3.45. The van der Waals surface area contributed by atoms with Crippen molar-refractivity contribution in [2.24, 2.45) is 0 Å². The summed E-state index contributed by atoms with van der Waals surface area (Å²) in [6, 6.07) is 5.84. The molecule has 1 aromatic carbocycles. The van der Waals surface area contributed by atoms with Gasteiger partial charge < -0.3 is 0 Å². The molecule has 0 fully saturated rings. The van der Waals surface area contributed by atoms with Gasteiger partial charge in [0.05, 0.1) is 10.2 Å². The Bertz CT molecular complexity index is 654. The maximum atomic E-state index is 13.2. The van der Waals surface area contributed by atoms with E-state index in [0.29, 0.717) is 16.4 Å². The maximum absolute atomic E-state index is 13.2. The number of halogens is 3. The van der Waals surface area contributed by atoms with E-state index in [1.165, 1.54) is 30.0 Å². The van der Waals surface area contributed by atoms with Gasteiger partial charge in [-0.15, -0.1) is 0 Å². The van der Waals surface area contributed by atoms with Crippen molar-refractivity contribution in [2.75, 3.05) is 6.26 Å². The van der Waals surface area contributed by atoms with Gasteiger partial charge in [0.1, 0.15) is 10.6 Å². The summed E-state index contributed by atoms with van der Waals surface area (Å²) in [5.74, 6) is -0.587. The van der Waals surface area contributed by atoms with Gasteiger partial charge in [-0.2, -0.15) is 0 Å². The number of hydrogen-bond acceptors (Lipinski definition) is 4. The van der Waals surface area contributed by atoms with Gasteiger partial charge in [0.15, 0.2) is 10.9 Å². The molecule has 104 valence electrons. The molecule has 0 N–H and O–H groups in total. The number of alkyl halides is 1.